The summed E-state index contributed by atoms with van der Waals surface area (Å²) in [4.78, 5) is 17.4. The first-order valence-electron chi connectivity index (χ1n) is 9.54. The molecule has 0 bridgehead atoms. The number of anilines is 2. The highest BCUT2D eigenvalue weighted by Crippen LogP contribution is 2.32. The first-order valence-corrected chi connectivity index (χ1v) is 9.54. The first-order chi connectivity index (χ1) is 12.6. The van der Waals surface area contributed by atoms with Crippen LogP contribution in [0.3, 0.4) is 0 Å². The fourth-order valence-corrected chi connectivity index (χ4v) is 2.93. The van der Waals surface area contributed by atoms with Gasteiger partial charge in [-0.3, -0.25) is 0 Å². The Morgan fingerprint density at radius 2 is 1.62 bits per heavy atom. The quantitative estimate of drug-likeness (QED) is 0.586. The highest BCUT2D eigenvalue weighted by molar-refractivity contribution is 6.00. The van der Waals surface area contributed by atoms with Crippen molar-refractivity contribution in [2.24, 2.45) is 10.8 Å². The maximum Gasteiger partial charge on any atom is 0.333 e. The van der Waals surface area contributed by atoms with Crippen LogP contribution in [-0.2, 0) is 9.63 Å². The normalized spacial score (nSPS) is 13.4. The van der Waals surface area contributed by atoms with Gasteiger partial charge >= 0.3 is 5.97 Å². The lowest BCUT2D eigenvalue weighted by Gasteiger charge is -2.35. The third kappa shape index (κ3) is 5.91. The number of nitrogens with two attached hydrogens (primary N) is 1. The molecule has 0 radical (unpaired) electrons. The van der Waals surface area contributed by atoms with Crippen molar-refractivity contribution in [3.05, 3.63) is 29.5 Å². The van der Waals surface area contributed by atoms with Crippen molar-refractivity contribution in [3.8, 4) is 0 Å². The van der Waals surface area contributed by atoms with Gasteiger partial charge in [-0.25, -0.2) is 4.79 Å². The van der Waals surface area contributed by atoms with Crippen LogP contribution in [0.4, 0.5) is 11.4 Å². The van der Waals surface area contributed by atoms with E-state index < -0.39 is 0 Å². The molecular weight excluding hydrogens is 332 g/mol. The molecule has 144 valence electrons. The smallest absolute Gasteiger partial charge is 0.333 e. The molecule has 0 unspecified atom stereocenters. The summed E-state index contributed by atoms with van der Waals surface area (Å²) in [7, 11) is 0. The second kappa shape index (κ2) is 10.7. The van der Waals surface area contributed by atoms with Gasteiger partial charge < -0.3 is 21.0 Å². The lowest BCUT2D eigenvalue weighted by atomic mass is 10.1. The third-order valence-electron chi connectivity index (χ3n) is 4.39. The minimum atomic E-state index is -0.375. The molecule has 7 nitrogen and oxygen atoms in total. The number of nitrogens with zero attached hydrogens (tertiary/aromatic N) is 3. The van der Waals surface area contributed by atoms with E-state index in [4.69, 9.17) is 10.6 Å². The van der Waals surface area contributed by atoms with Crippen LogP contribution < -0.4 is 16.0 Å². The number of para-hydroxylation sites is 2. The number of hydrogen-bond donors (Lipinski definition) is 1. The molecule has 1 aliphatic heterocycles. The Bertz CT molecular complexity index is 606. The lowest BCUT2D eigenvalue weighted by Crippen LogP contribution is -2.43. The van der Waals surface area contributed by atoms with Gasteiger partial charge in [-0.05, 0) is 18.6 Å². The van der Waals surface area contributed by atoms with Crippen LogP contribution in [0.2, 0.25) is 0 Å². The van der Waals surface area contributed by atoms with E-state index in [2.05, 4.69) is 12.0 Å². The molecule has 1 heterocycles. The summed E-state index contributed by atoms with van der Waals surface area (Å²) in [6, 6.07) is 6.71. The largest absolute Gasteiger partial charge is 0.737 e. The molecule has 26 heavy (non-hydrogen) atoms. The summed E-state index contributed by atoms with van der Waals surface area (Å²) < 4.78 is 0. The standard InChI is InChI=1S/C19H29N4O3/c1-2-3-4-5-6-7-8-9-10-15-18(24)26-22-16-13-11-12-14-17(16)23(25)21-19(22)20/h11-14H,2-10,15H2,1H3,(H2,20,21)/q-1. The van der Waals surface area contributed by atoms with Crippen molar-refractivity contribution in [2.75, 3.05) is 10.2 Å². The van der Waals surface area contributed by atoms with Crippen LogP contribution in [0.5, 0.6) is 0 Å². The number of carbonyl (C=O) groups is 1. The van der Waals surface area contributed by atoms with Gasteiger partial charge in [0.1, 0.15) is 5.69 Å². The zero-order chi connectivity index (χ0) is 18.8. The highest BCUT2D eigenvalue weighted by Gasteiger charge is 2.24. The molecule has 0 aromatic heterocycles. The van der Waals surface area contributed by atoms with Crippen LogP contribution in [0.1, 0.15) is 71.1 Å². The van der Waals surface area contributed by atoms with E-state index in [9.17, 15) is 10.0 Å². The van der Waals surface area contributed by atoms with Crippen LogP contribution in [0, 0.1) is 5.21 Å². The van der Waals surface area contributed by atoms with E-state index in [-0.39, 0.29) is 17.6 Å². The number of hydroxylamine groups is 1. The molecule has 0 fully saturated rings. The number of guanidine groups is 1. The van der Waals surface area contributed by atoms with E-state index >= 15 is 0 Å². The van der Waals surface area contributed by atoms with E-state index in [1.807, 2.05) is 0 Å². The Morgan fingerprint density at radius 1 is 1.04 bits per heavy atom. The Morgan fingerprint density at radius 3 is 2.27 bits per heavy atom. The molecule has 7 heteroatoms. The van der Waals surface area contributed by atoms with Crippen molar-refractivity contribution >= 4 is 23.3 Å². The van der Waals surface area contributed by atoms with Crippen molar-refractivity contribution in [1.82, 2.24) is 0 Å². The summed E-state index contributed by atoms with van der Waals surface area (Å²) in [6.45, 7) is 2.22. The van der Waals surface area contributed by atoms with Crippen LogP contribution in [0.15, 0.2) is 29.4 Å². The fourth-order valence-electron chi connectivity index (χ4n) is 2.93. The molecule has 2 N–H and O–H groups in total. The predicted octanol–water partition coefficient (Wildman–Crippen LogP) is 4.42. The fraction of sp³-hybridized carbons (Fsp3) is 0.579. The molecule has 0 atom stereocenters. The van der Waals surface area contributed by atoms with Crippen molar-refractivity contribution < 1.29 is 9.63 Å². The van der Waals surface area contributed by atoms with E-state index in [0.29, 0.717) is 17.3 Å². The van der Waals surface area contributed by atoms with Gasteiger partial charge in [0.05, 0.1) is 5.69 Å². The maximum absolute atomic E-state index is 12.1. The molecule has 2 rings (SSSR count). The average molecular weight is 361 g/mol. The number of rotatable bonds is 11. The van der Waals surface area contributed by atoms with Gasteiger partial charge in [0, 0.05) is 6.42 Å². The van der Waals surface area contributed by atoms with Crippen LogP contribution >= 0.6 is 0 Å². The second-order valence-electron chi connectivity index (χ2n) is 6.56. The van der Waals surface area contributed by atoms with Crippen molar-refractivity contribution in [2.45, 2.75) is 71.1 Å². The van der Waals surface area contributed by atoms with Crippen molar-refractivity contribution in [3.63, 3.8) is 0 Å². The molecule has 1 aliphatic rings. The summed E-state index contributed by atoms with van der Waals surface area (Å²) in [5.41, 5.74) is 6.44. The van der Waals surface area contributed by atoms with Gasteiger partial charge in [0.25, 0.3) is 5.96 Å². The van der Waals surface area contributed by atoms with Gasteiger partial charge in [0.15, 0.2) is 0 Å². The van der Waals surface area contributed by atoms with Gasteiger partial charge in [0.2, 0.25) is 0 Å². The van der Waals surface area contributed by atoms with Crippen LogP contribution in [-0.4, -0.2) is 11.9 Å². The van der Waals surface area contributed by atoms with Crippen molar-refractivity contribution in [1.29, 1.82) is 0 Å². The third-order valence-corrected chi connectivity index (χ3v) is 4.39. The number of hydrazone groups is 1. The minimum Gasteiger partial charge on any atom is -0.737 e. The zero-order valence-electron chi connectivity index (χ0n) is 15.5. The maximum atomic E-state index is 12.1. The van der Waals surface area contributed by atoms with Gasteiger partial charge in [-0.2, -0.15) is 0 Å². The number of hydrogen-bond acceptors (Lipinski definition) is 7. The SMILES string of the molecule is CCCCCCCCCCCC(=O)ON1C(N)=NN([O-])c2ccccc21. The number of benzene rings is 1. The number of fused-ring (bicyclic) bond motifs is 1. The van der Waals surface area contributed by atoms with E-state index in [1.165, 1.54) is 38.5 Å². The van der Waals surface area contributed by atoms with E-state index in [0.717, 1.165) is 24.3 Å². The summed E-state index contributed by atoms with van der Waals surface area (Å²) in [5.74, 6) is -0.528. The summed E-state index contributed by atoms with van der Waals surface area (Å²) in [6.07, 6.45) is 11.0. The molecule has 1 aromatic rings. The molecular formula is C19H29N4O3-. The number of unbranched alkanes of at least 4 members (excludes halogenated alkanes) is 8. The Kier molecular flexibility index (Phi) is 8.21. The molecule has 0 aliphatic carbocycles. The van der Waals surface area contributed by atoms with Gasteiger partial charge in [-0.15, -0.1) is 10.2 Å². The Labute approximate surface area is 155 Å². The second-order valence-corrected chi connectivity index (χ2v) is 6.56. The molecule has 0 saturated heterocycles. The van der Waals surface area contributed by atoms with Crippen LogP contribution in [0.25, 0.3) is 0 Å². The molecule has 0 spiro atoms. The zero-order valence-corrected chi connectivity index (χ0v) is 15.5. The van der Waals surface area contributed by atoms with Gasteiger partial charge in [-0.1, -0.05) is 70.4 Å². The minimum absolute atomic E-state index is 0.154. The summed E-state index contributed by atoms with van der Waals surface area (Å²) in [5, 5.41) is 16.9. The highest BCUT2D eigenvalue weighted by atomic mass is 16.7. The number of carbonyl (C=O) groups excluding carboxylic acids is 1. The Hall–Kier alpha value is -2.28. The molecule has 0 saturated carbocycles. The topological polar surface area (TPSA) is 94.2 Å². The molecule has 0 amide bonds. The van der Waals surface area contributed by atoms with E-state index in [1.54, 1.807) is 24.3 Å². The summed E-state index contributed by atoms with van der Waals surface area (Å²) >= 11 is 0. The molecule has 1 aromatic carbocycles. The predicted molar refractivity (Wildman–Crippen MR) is 104 cm³/mol. The first kappa shape index (κ1) is 20.0. The monoisotopic (exact) mass is 361 g/mol. The lowest BCUT2D eigenvalue weighted by molar-refractivity contribution is -0.143. The Balaban J connectivity index is 1.69. The average Bonchev–Trinajstić information content (AvgIpc) is 2.64.